The van der Waals surface area contributed by atoms with Gasteiger partial charge in [-0.1, -0.05) is 13.8 Å². The molecule has 0 atom stereocenters. The maximum Gasteiger partial charge on any atom is 0.338 e. The molecule has 0 saturated carbocycles. The zero-order valence-electron chi connectivity index (χ0n) is 16.6. The number of esters is 1. The molecule has 0 aliphatic heterocycles. The Hall–Kier alpha value is -3.61. The van der Waals surface area contributed by atoms with Crippen molar-refractivity contribution in [1.82, 2.24) is 9.97 Å². The van der Waals surface area contributed by atoms with E-state index in [1.54, 1.807) is 31.4 Å². The van der Waals surface area contributed by atoms with Gasteiger partial charge in [0, 0.05) is 17.3 Å². The van der Waals surface area contributed by atoms with Gasteiger partial charge in [0.25, 0.3) is 5.56 Å². The number of methoxy groups -OCH3 is 1. The number of hydrogen-bond donors (Lipinski definition) is 2. The van der Waals surface area contributed by atoms with Crippen molar-refractivity contribution in [3.05, 3.63) is 70.5 Å². The number of hydrogen-bond acceptors (Lipinski definition) is 6. The van der Waals surface area contributed by atoms with Crippen LogP contribution in [0.2, 0.25) is 0 Å². The standard InChI is InChI=1S/C22H23N3O4/c1-14(2)13-29-21(27)16-4-8-17(9-5-16)23-22-24-19(12-20(26)25-22)15-6-10-18(28-3)11-7-15/h4-12,14H,13H2,1-3H3,(H2,23,24,25,26). The summed E-state index contributed by atoms with van der Waals surface area (Å²) in [7, 11) is 1.60. The molecule has 29 heavy (non-hydrogen) atoms. The van der Waals surface area contributed by atoms with E-state index in [-0.39, 0.29) is 17.4 Å². The second-order valence-electron chi connectivity index (χ2n) is 6.90. The van der Waals surface area contributed by atoms with Gasteiger partial charge in [-0.15, -0.1) is 0 Å². The average Bonchev–Trinajstić information content (AvgIpc) is 2.72. The molecule has 0 unspecified atom stereocenters. The van der Waals surface area contributed by atoms with Crippen molar-refractivity contribution in [3.63, 3.8) is 0 Å². The lowest BCUT2D eigenvalue weighted by Crippen LogP contribution is -2.11. The summed E-state index contributed by atoms with van der Waals surface area (Å²) in [6.45, 7) is 4.34. The van der Waals surface area contributed by atoms with Crippen molar-refractivity contribution in [2.45, 2.75) is 13.8 Å². The van der Waals surface area contributed by atoms with Gasteiger partial charge in [-0.05, 0) is 54.4 Å². The Morgan fingerprint density at radius 3 is 2.41 bits per heavy atom. The van der Waals surface area contributed by atoms with Crippen molar-refractivity contribution >= 4 is 17.6 Å². The number of carbonyl (C=O) groups is 1. The first-order chi connectivity index (χ1) is 13.9. The SMILES string of the molecule is COc1ccc(-c2cc(=O)[nH]c(Nc3ccc(C(=O)OCC(C)C)cc3)n2)cc1. The molecule has 3 aromatic rings. The van der Waals surface area contributed by atoms with Gasteiger partial charge in [-0.3, -0.25) is 9.78 Å². The van der Waals surface area contributed by atoms with E-state index in [4.69, 9.17) is 9.47 Å². The molecule has 7 nitrogen and oxygen atoms in total. The highest BCUT2D eigenvalue weighted by molar-refractivity contribution is 5.89. The summed E-state index contributed by atoms with van der Waals surface area (Å²) in [5.41, 5.74) is 2.20. The first kappa shape index (κ1) is 20.1. The molecule has 150 valence electrons. The zero-order chi connectivity index (χ0) is 20.8. The van der Waals surface area contributed by atoms with Crippen LogP contribution in [0.1, 0.15) is 24.2 Å². The van der Waals surface area contributed by atoms with Crippen LogP contribution in [0.15, 0.2) is 59.4 Å². The van der Waals surface area contributed by atoms with Crippen LogP contribution in [0.25, 0.3) is 11.3 Å². The Bertz CT molecular complexity index is 1030. The minimum absolute atomic E-state index is 0.276. The average molecular weight is 393 g/mol. The molecule has 0 radical (unpaired) electrons. The van der Waals surface area contributed by atoms with E-state index < -0.39 is 0 Å². The fourth-order valence-electron chi connectivity index (χ4n) is 2.58. The predicted molar refractivity (Wildman–Crippen MR) is 112 cm³/mol. The molecular weight excluding hydrogens is 370 g/mol. The molecule has 1 aromatic heterocycles. The van der Waals surface area contributed by atoms with E-state index in [0.717, 1.165) is 11.3 Å². The quantitative estimate of drug-likeness (QED) is 0.589. The van der Waals surface area contributed by atoms with Gasteiger partial charge >= 0.3 is 5.97 Å². The van der Waals surface area contributed by atoms with Gasteiger partial charge in [-0.2, -0.15) is 0 Å². The molecular formula is C22H23N3O4. The maximum atomic E-state index is 12.0. The van der Waals surface area contributed by atoms with Gasteiger partial charge in [-0.25, -0.2) is 9.78 Å². The van der Waals surface area contributed by atoms with Crippen LogP contribution in [0.5, 0.6) is 5.75 Å². The van der Waals surface area contributed by atoms with Gasteiger partial charge in [0.1, 0.15) is 5.75 Å². The van der Waals surface area contributed by atoms with Crippen LogP contribution < -0.4 is 15.6 Å². The van der Waals surface area contributed by atoms with Crippen molar-refractivity contribution in [2.75, 3.05) is 19.0 Å². The first-order valence-corrected chi connectivity index (χ1v) is 9.24. The summed E-state index contributed by atoms with van der Waals surface area (Å²) in [5.74, 6) is 0.946. The van der Waals surface area contributed by atoms with Crippen molar-refractivity contribution < 1.29 is 14.3 Å². The molecule has 0 bridgehead atoms. The van der Waals surface area contributed by atoms with E-state index in [9.17, 15) is 9.59 Å². The lowest BCUT2D eigenvalue weighted by molar-refractivity contribution is 0.0459. The van der Waals surface area contributed by atoms with Gasteiger partial charge in [0.15, 0.2) is 0 Å². The number of H-pyrrole nitrogens is 1. The fraction of sp³-hybridized carbons (Fsp3) is 0.227. The molecule has 0 spiro atoms. The van der Waals surface area contributed by atoms with Crippen molar-refractivity contribution in [2.24, 2.45) is 5.92 Å². The smallest absolute Gasteiger partial charge is 0.338 e. The van der Waals surface area contributed by atoms with E-state index in [1.807, 2.05) is 38.1 Å². The maximum absolute atomic E-state index is 12.0. The first-order valence-electron chi connectivity index (χ1n) is 9.24. The largest absolute Gasteiger partial charge is 0.497 e. The number of carbonyl (C=O) groups excluding carboxylic acids is 1. The number of ether oxygens (including phenoxy) is 2. The molecule has 7 heteroatoms. The highest BCUT2D eigenvalue weighted by Crippen LogP contribution is 2.21. The van der Waals surface area contributed by atoms with Crippen LogP contribution in [-0.4, -0.2) is 29.7 Å². The molecule has 2 N–H and O–H groups in total. The molecule has 3 rings (SSSR count). The molecule has 1 heterocycles. The van der Waals surface area contributed by atoms with Gasteiger partial charge in [0.05, 0.1) is 25.0 Å². The number of nitrogens with zero attached hydrogens (tertiary/aromatic N) is 1. The zero-order valence-corrected chi connectivity index (χ0v) is 16.6. The summed E-state index contributed by atoms with van der Waals surface area (Å²) in [4.78, 5) is 31.2. The van der Waals surface area contributed by atoms with Crippen LogP contribution in [0, 0.1) is 5.92 Å². The van der Waals surface area contributed by atoms with E-state index in [2.05, 4.69) is 15.3 Å². The van der Waals surface area contributed by atoms with Crippen LogP contribution in [0.4, 0.5) is 11.6 Å². The number of anilines is 2. The lowest BCUT2D eigenvalue weighted by atomic mass is 10.1. The summed E-state index contributed by atoms with van der Waals surface area (Å²) in [5, 5.41) is 3.05. The Morgan fingerprint density at radius 1 is 1.10 bits per heavy atom. The monoisotopic (exact) mass is 393 g/mol. The molecule has 0 aliphatic carbocycles. The third-order valence-electron chi connectivity index (χ3n) is 4.06. The summed E-state index contributed by atoms with van der Waals surface area (Å²) in [6.07, 6.45) is 0. The molecule has 0 aliphatic rings. The third-order valence-corrected chi connectivity index (χ3v) is 4.06. The third kappa shape index (κ3) is 5.44. The molecule has 0 fully saturated rings. The number of aromatic amines is 1. The minimum Gasteiger partial charge on any atom is -0.497 e. The van der Waals surface area contributed by atoms with E-state index >= 15 is 0 Å². The van der Waals surface area contributed by atoms with Crippen molar-refractivity contribution in [3.8, 4) is 17.0 Å². The highest BCUT2D eigenvalue weighted by atomic mass is 16.5. The summed E-state index contributed by atoms with van der Waals surface area (Å²) >= 11 is 0. The molecule has 2 aromatic carbocycles. The Morgan fingerprint density at radius 2 is 1.79 bits per heavy atom. The second kappa shape index (κ2) is 9.05. The van der Waals surface area contributed by atoms with Gasteiger partial charge in [0.2, 0.25) is 5.95 Å². The van der Waals surface area contributed by atoms with Crippen molar-refractivity contribution in [1.29, 1.82) is 0 Å². The Labute approximate surface area is 168 Å². The fourth-order valence-corrected chi connectivity index (χ4v) is 2.58. The normalized spacial score (nSPS) is 10.6. The molecule has 0 saturated heterocycles. The predicted octanol–water partition coefficient (Wildman–Crippen LogP) is 4.00. The number of aromatic nitrogens is 2. The molecule has 0 amide bonds. The highest BCUT2D eigenvalue weighted by Gasteiger charge is 2.09. The number of nitrogens with one attached hydrogen (secondary N) is 2. The van der Waals surface area contributed by atoms with Crippen LogP contribution in [0.3, 0.4) is 0 Å². The van der Waals surface area contributed by atoms with E-state index in [1.165, 1.54) is 6.07 Å². The Kier molecular flexibility index (Phi) is 6.29. The van der Waals surface area contributed by atoms with E-state index in [0.29, 0.717) is 29.5 Å². The summed E-state index contributed by atoms with van der Waals surface area (Å²) in [6, 6.07) is 15.5. The van der Waals surface area contributed by atoms with Crippen LogP contribution >= 0.6 is 0 Å². The number of benzene rings is 2. The summed E-state index contributed by atoms with van der Waals surface area (Å²) < 4.78 is 10.4. The van der Waals surface area contributed by atoms with Gasteiger partial charge < -0.3 is 14.8 Å². The lowest BCUT2D eigenvalue weighted by Gasteiger charge is -2.09. The second-order valence-corrected chi connectivity index (χ2v) is 6.90. The minimum atomic E-state index is -0.363. The number of rotatable bonds is 7. The van der Waals surface area contributed by atoms with Crippen LogP contribution in [-0.2, 0) is 4.74 Å². The Balaban J connectivity index is 1.75. The topological polar surface area (TPSA) is 93.3 Å².